The van der Waals surface area contributed by atoms with E-state index in [1.165, 1.54) is 0 Å². The molecule has 28 heavy (non-hydrogen) atoms. The first-order valence-electron chi connectivity index (χ1n) is 9.56. The van der Waals surface area contributed by atoms with Crippen molar-refractivity contribution in [3.05, 3.63) is 65.4 Å². The molecule has 3 aromatic rings. The van der Waals surface area contributed by atoms with Crippen LogP contribution in [-0.4, -0.2) is 39.3 Å². The third kappa shape index (κ3) is 2.91. The van der Waals surface area contributed by atoms with Crippen molar-refractivity contribution in [1.82, 2.24) is 15.1 Å². The maximum Gasteiger partial charge on any atom is 0.273 e. The van der Waals surface area contributed by atoms with Crippen molar-refractivity contribution in [1.29, 1.82) is 0 Å². The number of ether oxygens (including phenoxy) is 1. The van der Waals surface area contributed by atoms with Crippen molar-refractivity contribution in [2.24, 2.45) is 0 Å². The fraction of sp³-hybridized carbons (Fsp3) is 0.273. The summed E-state index contributed by atoms with van der Waals surface area (Å²) in [4.78, 5) is 14.9. The van der Waals surface area contributed by atoms with Crippen molar-refractivity contribution >= 4 is 5.91 Å². The third-order valence-corrected chi connectivity index (χ3v) is 4.99. The molecule has 2 N–H and O–H groups in total. The monoisotopic (exact) mass is 377 g/mol. The van der Waals surface area contributed by atoms with Crippen LogP contribution in [0.4, 0.5) is 0 Å². The molecule has 0 fully saturated rings. The fourth-order valence-corrected chi connectivity index (χ4v) is 3.81. The Balaban J connectivity index is 1.84. The van der Waals surface area contributed by atoms with Gasteiger partial charge in [0.2, 0.25) is 0 Å². The number of nitrogens with zero attached hydrogens (tertiary/aromatic N) is 2. The number of phenols is 1. The Morgan fingerprint density at radius 1 is 1.14 bits per heavy atom. The van der Waals surface area contributed by atoms with E-state index in [0.29, 0.717) is 30.1 Å². The second-order valence-corrected chi connectivity index (χ2v) is 6.78. The van der Waals surface area contributed by atoms with E-state index in [2.05, 4.69) is 17.1 Å². The van der Waals surface area contributed by atoms with Crippen molar-refractivity contribution in [2.45, 2.75) is 26.3 Å². The van der Waals surface area contributed by atoms with Crippen LogP contribution in [-0.2, 0) is 0 Å². The number of phenolic OH excluding ortho intramolecular Hbond substituents is 1. The molecule has 6 nitrogen and oxygen atoms in total. The van der Waals surface area contributed by atoms with E-state index >= 15 is 0 Å². The summed E-state index contributed by atoms with van der Waals surface area (Å²) in [5, 5.41) is 17.6. The van der Waals surface area contributed by atoms with Crippen molar-refractivity contribution < 1.29 is 14.6 Å². The van der Waals surface area contributed by atoms with Gasteiger partial charge in [0, 0.05) is 17.7 Å². The van der Waals surface area contributed by atoms with Gasteiger partial charge in [-0.2, -0.15) is 5.10 Å². The summed E-state index contributed by atoms with van der Waals surface area (Å²) in [6.07, 6.45) is 0.850. The second-order valence-electron chi connectivity index (χ2n) is 6.78. The quantitative estimate of drug-likeness (QED) is 0.677. The van der Waals surface area contributed by atoms with E-state index in [1.54, 1.807) is 12.1 Å². The predicted octanol–water partition coefficient (Wildman–Crippen LogP) is 4.14. The Kier molecular flexibility index (Phi) is 4.77. The first-order chi connectivity index (χ1) is 13.7. The molecule has 1 aliphatic heterocycles. The Morgan fingerprint density at radius 3 is 2.57 bits per heavy atom. The highest BCUT2D eigenvalue weighted by Gasteiger charge is 2.42. The zero-order valence-corrected chi connectivity index (χ0v) is 16.0. The molecule has 144 valence electrons. The average Bonchev–Trinajstić information content (AvgIpc) is 3.24. The van der Waals surface area contributed by atoms with E-state index in [1.807, 2.05) is 48.2 Å². The molecule has 2 aromatic carbocycles. The van der Waals surface area contributed by atoms with Gasteiger partial charge in [0.05, 0.1) is 12.6 Å². The summed E-state index contributed by atoms with van der Waals surface area (Å²) in [6, 6.07) is 14.6. The molecule has 1 amide bonds. The number of nitrogens with one attached hydrogen (secondary N) is 1. The van der Waals surface area contributed by atoms with Gasteiger partial charge < -0.3 is 14.7 Å². The number of carbonyl (C=O) groups is 1. The number of hydrogen-bond acceptors (Lipinski definition) is 4. The number of fused-ring (bicyclic) bond motifs is 1. The number of aromatic amines is 1. The van der Waals surface area contributed by atoms with Gasteiger partial charge in [-0.15, -0.1) is 0 Å². The number of benzene rings is 2. The van der Waals surface area contributed by atoms with E-state index in [0.717, 1.165) is 23.3 Å². The standard InChI is InChI=1S/C22H23N3O3/c1-3-13-25-21(14-9-11-15(12-10-14)28-4-2)18-19(23-24-20(18)22(25)27)16-7-5-6-8-17(16)26/h5-12,21,26H,3-4,13H2,1-2H3,(H,23,24). The van der Waals surface area contributed by atoms with Crippen molar-refractivity contribution in [2.75, 3.05) is 13.2 Å². The summed E-state index contributed by atoms with van der Waals surface area (Å²) in [5.41, 5.74) is 3.51. The topological polar surface area (TPSA) is 78.5 Å². The van der Waals surface area contributed by atoms with E-state index in [9.17, 15) is 9.90 Å². The summed E-state index contributed by atoms with van der Waals surface area (Å²) >= 11 is 0. The fourth-order valence-electron chi connectivity index (χ4n) is 3.81. The first kappa shape index (κ1) is 18.1. The molecule has 2 heterocycles. The predicted molar refractivity (Wildman–Crippen MR) is 106 cm³/mol. The number of aromatic hydroxyl groups is 1. The Bertz CT molecular complexity index is 995. The molecule has 0 bridgehead atoms. The maximum atomic E-state index is 13.0. The number of rotatable bonds is 6. The summed E-state index contributed by atoms with van der Waals surface area (Å²) in [7, 11) is 0. The molecule has 0 saturated carbocycles. The highest BCUT2D eigenvalue weighted by Crippen LogP contribution is 2.44. The molecule has 0 radical (unpaired) electrons. The number of para-hydroxylation sites is 1. The summed E-state index contributed by atoms with van der Waals surface area (Å²) < 4.78 is 5.55. The smallest absolute Gasteiger partial charge is 0.273 e. The van der Waals surface area contributed by atoms with Crippen LogP contribution in [0.2, 0.25) is 0 Å². The van der Waals surface area contributed by atoms with Gasteiger partial charge in [-0.25, -0.2) is 0 Å². The molecule has 1 unspecified atom stereocenters. The highest BCUT2D eigenvalue weighted by atomic mass is 16.5. The lowest BCUT2D eigenvalue weighted by Gasteiger charge is -2.26. The van der Waals surface area contributed by atoms with E-state index in [-0.39, 0.29) is 17.7 Å². The zero-order chi connectivity index (χ0) is 19.7. The third-order valence-electron chi connectivity index (χ3n) is 4.99. The van der Waals surface area contributed by atoms with Crippen LogP contribution in [0.15, 0.2) is 48.5 Å². The number of aromatic nitrogens is 2. The minimum Gasteiger partial charge on any atom is -0.507 e. The van der Waals surface area contributed by atoms with Crippen molar-refractivity contribution in [3.8, 4) is 22.8 Å². The van der Waals surface area contributed by atoms with Gasteiger partial charge in [0.1, 0.15) is 22.9 Å². The van der Waals surface area contributed by atoms with E-state index < -0.39 is 0 Å². The lowest BCUT2D eigenvalue weighted by atomic mass is 9.95. The van der Waals surface area contributed by atoms with Crippen molar-refractivity contribution in [3.63, 3.8) is 0 Å². The molecule has 0 saturated heterocycles. The average molecular weight is 377 g/mol. The molecule has 6 heteroatoms. The molecular weight excluding hydrogens is 354 g/mol. The zero-order valence-electron chi connectivity index (χ0n) is 16.0. The van der Waals surface area contributed by atoms with Gasteiger partial charge in [-0.3, -0.25) is 9.89 Å². The normalized spacial score (nSPS) is 15.7. The Labute approximate surface area is 163 Å². The van der Waals surface area contributed by atoms with Gasteiger partial charge in [0.15, 0.2) is 0 Å². The van der Waals surface area contributed by atoms with Crippen LogP contribution in [0.25, 0.3) is 11.3 Å². The Morgan fingerprint density at radius 2 is 1.89 bits per heavy atom. The number of amides is 1. The number of hydrogen-bond donors (Lipinski definition) is 2. The van der Waals surface area contributed by atoms with Crippen LogP contribution >= 0.6 is 0 Å². The van der Waals surface area contributed by atoms with Gasteiger partial charge >= 0.3 is 0 Å². The Hall–Kier alpha value is -3.28. The minimum absolute atomic E-state index is 0.0649. The molecule has 0 spiro atoms. The van der Waals surface area contributed by atoms with Crippen LogP contribution in [0.5, 0.6) is 11.5 Å². The molecule has 1 aliphatic rings. The second kappa shape index (κ2) is 7.38. The number of carbonyl (C=O) groups excluding carboxylic acids is 1. The lowest BCUT2D eigenvalue weighted by molar-refractivity contribution is 0.0744. The van der Waals surface area contributed by atoms with Crippen LogP contribution < -0.4 is 4.74 Å². The molecule has 1 atom stereocenters. The molecular formula is C22H23N3O3. The largest absolute Gasteiger partial charge is 0.507 e. The minimum atomic E-state index is -0.258. The summed E-state index contributed by atoms with van der Waals surface area (Å²) in [5.74, 6) is 0.875. The number of H-pyrrole nitrogens is 1. The first-order valence-corrected chi connectivity index (χ1v) is 9.56. The molecule has 1 aromatic heterocycles. The SMILES string of the molecule is CCCN1C(=O)c2[nH]nc(-c3ccccc3O)c2C1c1ccc(OCC)cc1. The lowest BCUT2D eigenvalue weighted by Crippen LogP contribution is -2.30. The van der Waals surface area contributed by atoms with Crippen LogP contribution in [0.1, 0.15) is 47.9 Å². The summed E-state index contributed by atoms with van der Waals surface area (Å²) in [6.45, 7) is 5.24. The molecule has 0 aliphatic carbocycles. The van der Waals surface area contributed by atoms with Gasteiger partial charge in [0.25, 0.3) is 5.91 Å². The highest BCUT2D eigenvalue weighted by molar-refractivity contribution is 6.00. The molecule has 4 rings (SSSR count). The maximum absolute atomic E-state index is 13.0. The van der Waals surface area contributed by atoms with E-state index in [4.69, 9.17) is 4.74 Å². The van der Waals surface area contributed by atoms with Crippen LogP contribution in [0.3, 0.4) is 0 Å². The van der Waals surface area contributed by atoms with Crippen LogP contribution in [0, 0.1) is 0 Å². The van der Waals surface area contributed by atoms with Gasteiger partial charge in [-0.1, -0.05) is 31.2 Å². The van der Waals surface area contributed by atoms with Gasteiger partial charge in [-0.05, 0) is 43.2 Å².